The summed E-state index contributed by atoms with van der Waals surface area (Å²) in [5.41, 5.74) is 1.88. The number of morpholine rings is 1. The Morgan fingerprint density at radius 3 is 2.56 bits per heavy atom. The van der Waals surface area contributed by atoms with Gasteiger partial charge in [0.25, 0.3) is 0 Å². The van der Waals surface area contributed by atoms with Gasteiger partial charge in [-0.15, -0.1) is 0 Å². The number of rotatable bonds is 5. The van der Waals surface area contributed by atoms with E-state index in [1.807, 2.05) is 18.2 Å². The van der Waals surface area contributed by atoms with E-state index in [9.17, 15) is 4.39 Å². The molecule has 4 nitrogen and oxygen atoms in total. The van der Waals surface area contributed by atoms with E-state index in [0.717, 1.165) is 26.3 Å². The molecule has 0 unspecified atom stereocenters. The maximum atomic E-state index is 13.3. The number of benzene rings is 2. The molecule has 1 fully saturated rings. The molecule has 3 rings (SSSR count). The van der Waals surface area contributed by atoms with Crippen molar-refractivity contribution in [2.45, 2.75) is 19.0 Å². The summed E-state index contributed by atoms with van der Waals surface area (Å²) in [4.78, 5) is 2.41. The van der Waals surface area contributed by atoms with E-state index in [2.05, 4.69) is 34.6 Å². The molecule has 2 N–H and O–H groups in total. The molecule has 1 aliphatic heterocycles. The van der Waals surface area contributed by atoms with Crippen LogP contribution < -0.4 is 10.6 Å². The average molecular weight is 408 g/mol. The van der Waals surface area contributed by atoms with E-state index in [1.54, 1.807) is 6.07 Å². The van der Waals surface area contributed by atoms with Gasteiger partial charge in [0.2, 0.25) is 0 Å². The van der Waals surface area contributed by atoms with Crippen LogP contribution in [0.1, 0.15) is 18.5 Å². The molecule has 7 heteroatoms. The highest BCUT2D eigenvalue weighted by Crippen LogP contribution is 2.26. The van der Waals surface area contributed by atoms with Crippen molar-refractivity contribution in [2.75, 3.05) is 31.6 Å². The summed E-state index contributed by atoms with van der Waals surface area (Å²) in [6.07, 6.45) is 0. The van der Waals surface area contributed by atoms with Crippen molar-refractivity contribution in [3.63, 3.8) is 0 Å². The van der Waals surface area contributed by atoms with Crippen LogP contribution in [0, 0.1) is 5.82 Å². The van der Waals surface area contributed by atoms with Crippen molar-refractivity contribution in [1.82, 2.24) is 10.2 Å². The quantitative estimate of drug-likeness (QED) is 0.725. The van der Waals surface area contributed by atoms with Crippen molar-refractivity contribution in [1.29, 1.82) is 0 Å². The number of halogens is 2. The lowest BCUT2D eigenvalue weighted by atomic mass is 9.98. The largest absolute Gasteiger partial charge is 0.379 e. The fourth-order valence-corrected chi connectivity index (χ4v) is 3.83. The van der Waals surface area contributed by atoms with Gasteiger partial charge in [-0.2, -0.15) is 0 Å². The minimum absolute atomic E-state index is 0.0569. The molecule has 2 aromatic carbocycles. The smallest absolute Gasteiger partial charge is 0.171 e. The van der Waals surface area contributed by atoms with E-state index in [-0.39, 0.29) is 17.1 Å². The summed E-state index contributed by atoms with van der Waals surface area (Å²) in [6.45, 7) is 5.32. The van der Waals surface area contributed by atoms with Gasteiger partial charge in [-0.05, 0) is 42.9 Å². The summed E-state index contributed by atoms with van der Waals surface area (Å²) >= 11 is 11.3. The van der Waals surface area contributed by atoms with Crippen LogP contribution in [-0.4, -0.2) is 42.4 Å². The molecule has 1 heterocycles. The third-order valence-electron chi connectivity index (χ3n) is 4.59. The third kappa shape index (κ3) is 5.39. The van der Waals surface area contributed by atoms with E-state index in [4.69, 9.17) is 28.6 Å². The van der Waals surface area contributed by atoms with Crippen LogP contribution in [0.3, 0.4) is 0 Å². The Labute approximate surface area is 169 Å². The van der Waals surface area contributed by atoms with Crippen molar-refractivity contribution < 1.29 is 9.13 Å². The second kappa shape index (κ2) is 9.46. The molecule has 0 bridgehead atoms. The summed E-state index contributed by atoms with van der Waals surface area (Å²) < 4.78 is 18.8. The van der Waals surface area contributed by atoms with Crippen LogP contribution in [0.4, 0.5) is 10.1 Å². The number of anilines is 1. The number of nitrogens with one attached hydrogen (secondary N) is 2. The molecule has 0 aliphatic carbocycles. The lowest BCUT2D eigenvalue weighted by Crippen LogP contribution is -2.49. The molecule has 0 amide bonds. The van der Waals surface area contributed by atoms with E-state index < -0.39 is 5.82 Å². The van der Waals surface area contributed by atoms with Crippen LogP contribution in [0.15, 0.2) is 48.5 Å². The van der Waals surface area contributed by atoms with Gasteiger partial charge in [0.1, 0.15) is 5.82 Å². The van der Waals surface area contributed by atoms with E-state index in [0.29, 0.717) is 10.8 Å². The van der Waals surface area contributed by atoms with E-state index >= 15 is 0 Å². The Morgan fingerprint density at radius 2 is 1.89 bits per heavy atom. The van der Waals surface area contributed by atoms with Crippen molar-refractivity contribution in [2.24, 2.45) is 0 Å². The minimum atomic E-state index is -0.453. The standard InChI is InChI=1S/C20H23ClFN3OS/c1-14(23-20(27)24-16-7-8-18(22)17(21)13-16)19(15-5-3-2-4-6-15)25-9-11-26-12-10-25/h2-8,13-14,19H,9-12H2,1H3,(H2,23,24,27)/t14-,19-/m0/s1. The zero-order valence-corrected chi connectivity index (χ0v) is 16.7. The number of hydrogen-bond acceptors (Lipinski definition) is 3. The van der Waals surface area contributed by atoms with Crippen LogP contribution >= 0.6 is 23.8 Å². The van der Waals surface area contributed by atoms with Gasteiger partial charge in [-0.25, -0.2) is 4.39 Å². The van der Waals surface area contributed by atoms with Crippen molar-refractivity contribution >= 4 is 34.6 Å². The number of hydrogen-bond donors (Lipinski definition) is 2. The molecule has 0 aromatic heterocycles. The monoisotopic (exact) mass is 407 g/mol. The summed E-state index contributed by atoms with van der Waals surface area (Å²) in [6, 6.07) is 15.0. The molecular weight excluding hydrogens is 385 g/mol. The maximum absolute atomic E-state index is 13.3. The van der Waals surface area contributed by atoms with Gasteiger partial charge in [0.15, 0.2) is 5.11 Å². The first-order chi connectivity index (χ1) is 13.0. The zero-order valence-electron chi connectivity index (χ0n) is 15.1. The predicted molar refractivity (Wildman–Crippen MR) is 112 cm³/mol. The van der Waals surface area contributed by atoms with E-state index in [1.165, 1.54) is 17.7 Å². The van der Waals surface area contributed by atoms with Crippen LogP contribution in [0.2, 0.25) is 5.02 Å². The number of ether oxygens (including phenoxy) is 1. The Kier molecular flexibility index (Phi) is 7.01. The molecule has 27 heavy (non-hydrogen) atoms. The van der Waals surface area contributed by atoms with Crippen molar-refractivity contribution in [3.05, 3.63) is 64.9 Å². The fourth-order valence-electron chi connectivity index (χ4n) is 3.35. The summed E-state index contributed by atoms with van der Waals surface area (Å²) in [7, 11) is 0. The Balaban J connectivity index is 1.70. The molecule has 2 atom stereocenters. The molecular formula is C20H23ClFN3OS. The third-order valence-corrected chi connectivity index (χ3v) is 5.10. The SMILES string of the molecule is C[C@H](NC(=S)Nc1ccc(F)c(Cl)c1)[C@@H](c1ccccc1)N1CCOCC1. The zero-order chi connectivity index (χ0) is 19.2. The molecule has 0 radical (unpaired) electrons. The van der Waals surface area contributed by atoms with Gasteiger partial charge >= 0.3 is 0 Å². The molecule has 0 spiro atoms. The molecule has 0 saturated carbocycles. The van der Waals surface area contributed by atoms with Crippen LogP contribution in [0.5, 0.6) is 0 Å². The molecule has 2 aromatic rings. The Bertz CT molecular complexity index is 771. The van der Waals surface area contributed by atoms with Gasteiger partial charge in [0, 0.05) is 24.8 Å². The Morgan fingerprint density at radius 1 is 1.19 bits per heavy atom. The fraction of sp³-hybridized carbons (Fsp3) is 0.350. The van der Waals surface area contributed by atoms with Gasteiger partial charge in [0.05, 0.1) is 24.3 Å². The average Bonchev–Trinajstić information content (AvgIpc) is 2.66. The molecule has 1 aliphatic rings. The first-order valence-corrected chi connectivity index (χ1v) is 9.72. The minimum Gasteiger partial charge on any atom is -0.379 e. The second-order valence-electron chi connectivity index (χ2n) is 6.52. The van der Waals surface area contributed by atoms with Crippen LogP contribution in [-0.2, 0) is 4.74 Å². The number of thiocarbonyl (C=S) groups is 1. The maximum Gasteiger partial charge on any atom is 0.171 e. The van der Waals surface area contributed by atoms with Gasteiger partial charge < -0.3 is 15.4 Å². The topological polar surface area (TPSA) is 36.5 Å². The Hall–Kier alpha value is -1.73. The summed E-state index contributed by atoms with van der Waals surface area (Å²) in [5.74, 6) is -0.453. The highest BCUT2D eigenvalue weighted by Gasteiger charge is 2.28. The van der Waals surface area contributed by atoms with Gasteiger partial charge in [-0.1, -0.05) is 41.9 Å². The van der Waals surface area contributed by atoms with Crippen LogP contribution in [0.25, 0.3) is 0 Å². The van der Waals surface area contributed by atoms with Crippen molar-refractivity contribution in [3.8, 4) is 0 Å². The lowest BCUT2D eigenvalue weighted by molar-refractivity contribution is 0.0102. The highest BCUT2D eigenvalue weighted by atomic mass is 35.5. The second-order valence-corrected chi connectivity index (χ2v) is 7.34. The molecule has 1 saturated heterocycles. The summed E-state index contributed by atoms with van der Waals surface area (Å²) in [5, 5.41) is 6.97. The highest BCUT2D eigenvalue weighted by molar-refractivity contribution is 7.80. The first kappa shape index (κ1) is 20.0. The normalized spacial score (nSPS) is 17.1. The number of nitrogens with zero attached hydrogens (tertiary/aromatic N) is 1. The predicted octanol–water partition coefficient (Wildman–Crippen LogP) is 4.23. The van der Waals surface area contributed by atoms with Gasteiger partial charge in [-0.3, -0.25) is 4.90 Å². The first-order valence-electron chi connectivity index (χ1n) is 8.94. The molecule has 144 valence electrons. The lowest BCUT2D eigenvalue weighted by Gasteiger charge is -2.38.